The molecular formula is C21H35N5O2. The average Bonchev–Trinajstić information content (AvgIpc) is 2.70. The second-order valence-electron chi connectivity index (χ2n) is 7.68. The zero-order valence-corrected chi connectivity index (χ0v) is 17.9. The van der Waals surface area contributed by atoms with Gasteiger partial charge in [0.1, 0.15) is 0 Å². The molecule has 1 amide bonds. The number of aliphatic imine (C=N–C) groups is 1. The van der Waals surface area contributed by atoms with Crippen LogP contribution in [0.5, 0.6) is 0 Å². The van der Waals surface area contributed by atoms with Crippen LogP contribution in [0.1, 0.15) is 35.7 Å². The molecular weight excluding hydrogens is 354 g/mol. The number of amides is 1. The van der Waals surface area contributed by atoms with E-state index in [0.717, 1.165) is 50.7 Å². The Kier molecular flexibility index (Phi) is 8.26. The molecule has 0 atom stereocenters. The van der Waals surface area contributed by atoms with Crippen molar-refractivity contribution in [2.45, 2.75) is 31.8 Å². The lowest BCUT2D eigenvalue weighted by molar-refractivity contribution is -0.00501. The van der Waals surface area contributed by atoms with Crippen LogP contribution in [0.25, 0.3) is 0 Å². The number of hydrogen-bond donors (Lipinski definition) is 2. The van der Waals surface area contributed by atoms with Gasteiger partial charge in [0.15, 0.2) is 5.96 Å². The lowest BCUT2D eigenvalue weighted by Gasteiger charge is -2.43. The molecule has 1 aliphatic heterocycles. The number of guanidine groups is 1. The van der Waals surface area contributed by atoms with Gasteiger partial charge in [0.05, 0.1) is 6.54 Å². The number of benzene rings is 1. The van der Waals surface area contributed by atoms with Crippen molar-refractivity contribution >= 4 is 11.9 Å². The van der Waals surface area contributed by atoms with E-state index < -0.39 is 0 Å². The van der Waals surface area contributed by atoms with E-state index in [1.807, 2.05) is 24.3 Å². The van der Waals surface area contributed by atoms with Crippen molar-refractivity contribution in [2.24, 2.45) is 4.99 Å². The van der Waals surface area contributed by atoms with Gasteiger partial charge in [0.2, 0.25) is 0 Å². The van der Waals surface area contributed by atoms with Crippen LogP contribution in [0, 0.1) is 0 Å². The van der Waals surface area contributed by atoms with Gasteiger partial charge in [-0.15, -0.1) is 0 Å². The number of hydrogen-bond acceptors (Lipinski definition) is 4. The minimum atomic E-state index is 0.00972. The van der Waals surface area contributed by atoms with Gasteiger partial charge in [0, 0.05) is 51.5 Å². The topological polar surface area (TPSA) is 69.2 Å². The summed E-state index contributed by atoms with van der Waals surface area (Å²) < 4.78 is 5.55. The molecule has 2 N–H and O–H groups in total. The summed E-state index contributed by atoms with van der Waals surface area (Å²) in [5.74, 6) is 0.819. The fourth-order valence-electron chi connectivity index (χ4n) is 3.30. The van der Waals surface area contributed by atoms with Gasteiger partial charge in [-0.2, -0.15) is 0 Å². The minimum Gasteiger partial charge on any atom is -0.381 e. The van der Waals surface area contributed by atoms with Crippen molar-refractivity contribution in [1.82, 2.24) is 20.4 Å². The molecule has 1 saturated heterocycles. The number of ether oxygens (including phenoxy) is 1. The maximum Gasteiger partial charge on any atom is 0.253 e. The van der Waals surface area contributed by atoms with Crippen LogP contribution < -0.4 is 10.6 Å². The number of nitrogens with zero attached hydrogens (tertiary/aromatic N) is 3. The SMILES string of the molecule is CCNC(=NCc1ccc(C(=O)N(C)C)cc1)NCC1(N(C)C)CCOCC1. The van der Waals surface area contributed by atoms with Gasteiger partial charge in [-0.05, 0) is 51.6 Å². The largest absolute Gasteiger partial charge is 0.381 e. The molecule has 1 aromatic carbocycles. The lowest BCUT2D eigenvalue weighted by Crippen LogP contribution is -2.57. The molecule has 0 spiro atoms. The van der Waals surface area contributed by atoms with E-state index in [4.69, 9.17) is 9.73 Å². The van der Waals surface area contributed by atoms with Gasteiger partial charge in [-0.25, -0.2) is 4.99 Å². The Morgan fingerprint density at radius 2 is 1.75 bits per heavy atom. The van der Waals surface area contributed by atoms with Crippen molar-refractivity contribution in [2.75, 3.05) is 54.5 Å². The molecule has 0 radical (unpaired) electrons. The van der Waals surface area contributed by atoms with Crippen LogP contribution >= 0.6 is 0 Å². The van der Waals surface area contributed by atoms with Crippen molar-refractivity contribution in [3.63, 3.8) is 0 Å². The third-order valence-electron chi connectivity index (χ3n) is 5.33. The van der Waals surface area contributed by atoms with Gasteiger partial charge >= 0.3 is 0 Å². The van der Waals surface area contributed by atoms with Crippen LogP contribution in [0.15, 0.2) is 29.3 Å². The molecule has 1 heterocycles. The summed E-state index contributed by atoms with van der Waals surface area (Å²) in [6.07, 6.45) is 2.02. The molecule has 0 aromatic heterocycles. The molecule has 0 bridgehead atoms. The van der Waals surface area contributed by atoms with Gasteiger partial charge in [-0.1, -0.05) is 12.1 Å². The summed E-state index contributed by atoms with van der Waals surface area (Å²) in [4.78, 5) is 20.6. The number of carbonyl (C=O) groups is 1. The summed E-state index contributed by atoms with van der Waals surface area (Å²) in [6.45, 7) is 5.85. The van der Waals surface area contributed by atoms with E-state index in [-0.39, 0.29) is 11.4 Å². The van der Waals surface area contributed by atoms with Crippen LogP contribution in [-0.4, -0.2) is 81.7 Å². The number of nitrogens with one attached hydrogen (secondary N) is 2. The maximum absolute atomic E-state index is 12.0. The first kappa shape index (κ1) is 22.2. The second-order valence-corrected chi connectivity index (χ2v) is 7.68. The van der Waals surface area contributed by atoms with Crippen molar-refractivity contribution in [3.8, 4) is 0 Å². The number of likely N-dealkylation sites (N-methyl/N-ethyl adjacent to an activating group) is 1. The third kappa shape index (κ3) is 5.94. The van der Waals surface area contributed by atoms with E-state index in [2.05, 4.69) is 36.6 Å². The Labute approximate surface area is 169 Å². The molecule has 1 aliphatic rings. The molecule has 1 fully saturated rings. The standard InChI is InChI=1S/C21H35N5O2/c1-6-22-20(24-16-21(26(4)5)11-13-28-14-12-21)23-15-17-7-9-18(10-8-17)19(27)25(2)3/h7-10H,6,11-16H2,1-5H3,(H2,22,23,24). The normalized spacial score (nSPS) is 16.7. The van der Waals surface area contributed by atoms with Gasteiger partial charge in [0.25, 0.3) is 5.91 Å². The van der Waals surface area contributed by atoms with Crippen LogP contribution in [0.4, 0.5) is 0 Å². The van der Waals surface area contributed by atoms with E-state index >= 15 is 0 Å². The summed E-state index contributed by atoms with van der Waals surface area (Å²) in [6, 6.07) is 7.64. The van der Waals surface area contributed by atoms with E-state index in [1.165, 1.54) is 0 Å². The molecule has 1 aromatic rings. The van der Waals surface area contributed by atoms with Crippen molar-refractivity contribution in [3.05, 3.63) is 35.4 Å². The van der Waals surface area contributed by atoms with Crippen LogP contribution in [0.3, 0.4) is 0 Å². The molecule has 156 valence electrons. The molecule has 0 unspecified atom stereocenters. The Morgan fingerprint density at radius 3 is 2.29 bits per heavy atom. The number of rotatable bonds is 7. The summed E-state index contributed by atoms with van der Waals surface area (Å²) >= 11 is 0. The summed E-state index contributed by atoms with van der Waals surface area (Å²) in [7, 11) is 7.78. The molecule has 2 rings (SSSR count). The second kappa shape index (κ2) is 10.4. The molecule has 7 nitrogen and oxygen atoms in total. The first-order chi connectivity index (χ1) is 13.4. The first-order valence-electron chi connectivity index (χ1n) is 9.96. The average molecular weight is 390 g/mol. The molecule has 28 heavy (non-hydrogen) atoms. The number of carbonyl (C=O) groups excluding carboxylic acids is 1. The molecule has 0 aliphatic carbocycles. The van der Waals surface area contributed by atoms with E-state index in [0.29, 0.717) is 12.1 Å². The predicted octanol–water partition coefficient (Wildman–Crippen LogP) is 1.55. The Bertz CT molecular complexity index is 649. The highest BCUT2D eigenvalue weighted by atomic mass is 16.5. The van der Waals surface area contributed by atoms with Crippen LogP contribution in [0.2, 0.25) is 0 Å². The highest BCUT2D eigenvalue weighted by Crippen LogP contribution is 2.25. The van der Waals surface area contributed by atoms with E-state index in [1.54, 1.807) is 19.0 Å². The first-order valence-corrected chi connectivity index (χ1v) is 9.96. The fourth-order valence-corrected chi connectivity index (χ4v) is 3.30. The summed E-state index contributed by atoms with van der Waals surface area (Å²) in [5.41, 5.74) is 1.85. The van der Waals surface area contributed by atoms with Crippen molar-refractivity contribution in [1.29, 1.82) is 0 Å². The fraction of sp³-hybridized carbons (Fsp3) is 0.619. The van der Waals surface area contributed by atoms with Crippen molar-refractivity contribution < 1.29 is 9.53 Å². The quantitative estimate of drug-likeness (QED) is 0.547. The van der Waals surface area contributed by atoms with Gasteiger partial charge < -0.3 is 25.2 Å². The minimum absolute atomic E-state index is 0.00972. The maximum atomic E-state index is 12.0. The molecule has 0 saturated carbocycles. The highest BCUT2D eigenvalue weighted by Gasteiger charge is 2.34. The van der Waals surface area contributed by atoms with E-state index in [9.17, 15) is 4.79 Å². The zero-order valence-electron chi connectivity index (χ0n) is 17.9. The Morgan fingerprint density at radius 1 is 1.11 bits per heavy atom. The zero-order chi connectivity index (χ0) is 20.6. The predicted molar refractivity (Wildman–Crippen MR) is 114 cm³/mol. The lowest BCUT2D eigenvalue weighted by atomic mass is 9.88. The Balaban J connectivity index is 2.00. The van der Waals surface area contributed by atoms with Crippen LogP contribution in [-0.2, 0) is 11.3 Å². The smallest absolute Gasteiger partial charge is 0.253 e. The van der Waals surface area contributed by atoms with Gasteiger partial charge in [-0.3, -0.25) is 4.79 Å². The summed E-state index contributed by atoms with van der Waals surface area (Å²) in [5, 5.41) is 6.83. The molecule has 7 heteroatoms. The monoisotopic (exact) mass is 389 g/mol. The third-order valence-corrected chi connectivity index (χ3v) is 5.33. The highest BCUT2D eigenvalue weighted by molar-refractivity contribution is 5.93. The Hall–Kier alpha value is -2.12.